The highest BCUT2D eigenvalue weighted by Gasteiger charge is 2.33. The monoisotopic (exact) mass is 976 g/mol. The maximum atomic E-state index is 13.7. The lowest BCUT2D eigenvalue weighted by atomic mass is 10.1. The third-order valence-corrected chi connectivity index (χ3v) is 12.6. The van der Waals surface area contributed by atoms with Crippen LogP contribution < -0.4 is 33.5 Å². The van der Waals surface area contributed by atoms with Crippen molar-refractivity contribution in [1.29, 1.82) is 0 Å². The summed E-state index contributed by atoms with van der Waals surface area (Å²) in [7, 11) is 0. The van der Waals surface area contributed by atoms with Crippen LogP contribution >= 0.6 is 0 Å². The van der Waals surface area contributed by atoms with E-state index in [0.717, 1.165) is 5.56 Å². The molecule has 20 heteroatoms. The van der Waals surface area contributed by atoms with Crippen molar-refractivity contribution in [2.24, 2.45) is 0 Å². The number of amides is 4. The number of nitrogen functional groups attached to an aromatic ring is 2. The number of benzene rings is 4. The van der Waals surface area contributed by atoms with Crippen LogP contribution in [0.15, 0.2) is 125 Å². The van der Waals surface area contributed by atoms with E-state index in [-0.39, 0.29) is 58.7 Å². The summed E-state index contributed by atoms with van der Waals surface area (Å²) in [6.07, 6.45) is 3.81. The molecule has 2 aliphatic heterocycles. The summed E-state index contributed by atoms with van der Waals surface area (Å²) in [6.45, 7) is 6.86. The Labute approximate surface area is 417 Å². The number of aryl methyl sites for hydroxylation is 1. The molecule has 0 radical (unpaired) electrons. The summed E-state index contributed by atoms with van der Waals surface area (Å²) in [4.78, 5) is 97.2. The molecule has 2 aliphatic rings. The van der Waals surface area contributed by atoms with Gasteiger partial charge in [0.25, 0.3) is 23.6 Å². The highest BCUT2D eigenvalue weighted by Crippen LogP contribution is 2.30. The number of nitrogens with one attached hydrogen (secondary N) is 2. The van der Waals surface area contributed by atoms with E-state index in [2.05, 4.69) is 54.3 Å². The number of hydrogen-bond acceptors (Lipinski definition) is 12. The summed E-state index contributed by atoms with van der Waals surface area (Å²) in [5.41, 5.74) is 17.6. The fourth-order valence-corrected chi connectivity index (χ4v) is 9.01. The smallest absolute Gasteiger partial charge is 0.335 e. The molecule has 2 fully saturated rings. The molecule has 0 spiro atoms. The first-order valence-electron chi connectivity index (χ1n) is 23.2. The Balaban J connectivity index is 0.000000180. The quantitative estimate of drug-likeness (QED) is 0.151. The van der Waals surface area contributed by atoms with Gasteiger partial charge in [-0.05, 0) is 118 Å². The summed E-state index contributed by atoms with van der Waals surface area (Å²) in [5.74, 6) is 9.64. The molecule has 6 heterocycles. The molecule has 4 amide bonds. The molecule has 6 N–H and O–H groups in total. The first kappa shape index (κ1) is 48.2. The van der Waals surface area contributed by atoms with Crippen LogP contribution in [-0.2, 0) is 9.59 Å². The fourth-order valence-electron chi connectivity index (χ4n) is 9.01. The van der Waals surface area contributed by atoms with Gasteiger partial charge in [0.05, 0.1) is 23.5 Å². The number of carbonyl (C=O) groups is 4. The maximum Gasteiger partial charge on any atom is 0.335 e. The molecule has 2 atom stereocenters. The van der Waals surface area contributed by atoms with Gasteiger partial charge in [0.15, 0.2) is 22.9 Å². The SMILES string of the molecule is CC#CC(=O)N1CC[C@@H](n2c(=O)n(-c3ccc(C(=O)Nc4ccccc4)cc3)c3c(N)ncnc32)C1.CC#CC(=O)N1CC[C@@H](n2c(=O)n(-c3ccc(NC(=O)c4ccc(C)cc4)cc3)c3c(N)ncnc32)C1. The van der Waals surface area contributed by atoms with Crippen molar-refractivity contribution in [3.8, 4) is 35.1 Å². The highest BCUT2D eigenvalue weighted by atomic mass is 16.2. The summed E-state index contributed by atoms with van der Waals surface area (Å²) in [5, 5.41) is 5.70. The van der Waals surface area contributed by atoms with Gasteiger partial charge in [-0.3, -0.25) is 37.4 Å². The number of hydrogen-bond donors (Lipinski definition) is 4. The summed E-state index contributed by atoms with van der Waals surface area (Å²) >= 11 is 0. The minimum atomic E-state index is -0.348. The molecular formula is C53H48N14O6. The second kappa shape index (κ2) is 20.6. The molecule has 73 heavy (non-hydrogen) atoms. The number of anilines is 4. The molecule has 366 valence electrons. The molecule has 0 saturated carbocycles. The number of rotatable bonds is 8. The zero-order valence-electron chi connectivity index (χ0n) is 39.9. The Morgan fingerprint density at radius 3 is 1.41 bits per heavy atom. The van der Waals surface area contributed by atoms with Crippen molar-refractivity contribution in [3.63, 3.8) is 0 Å². The molecule has 0 aliphatic carbocycles. The molecule has 8 aromatic rings. The minimum Gasteiger partial charge on any atom is -0.382 e. The third-order valence-electron chi connectivity index (χ3n) is 12.6. The first-order valence-corrected chi connectivity index (χ1v) is 23.2. The first-order chi connectivity index (χ1) is 35.3. The van der Waals surface area contributed by atoms with Gasteiger partial charge in [-0.2, -0.15) is 0 Å². The second-order valence-electron chi connectivity index (χ2n) is 17.2. The van der Waals surface area contributed by atoms with Gasteiger partial charge >= 0.3 is 11.4 Å². The number of fused-ring (bicyclic) bond motifs is 2. The number of nitrogens with zero attached hydrogens (tertiary/aromatic N) is 10. The predicted molar refractivity (Wildman–Crippen MR) is 276 cm³/mol. The number of para-hydroxylation sites is 1. The Morgan fingerprint density at radius 2 is 0.973 bits per heavy atom. The van der Waals surface area contributed by atoms with Crippen LogP contribution in [-0.4, -0.2) is 97.8 Å². The molecule has 20 nitrogen and oxygen atoms in total. The van der Waals surface area contributed by atoms with Gasteiger partial charge in [0.2, 0.25) is 0 Å². The Kier molecular flexibility index (Phi) is 13.6. The van der Waals surface area contributed by atoms with Crippen molar-refractivity contribution in [3.05, 3.63) is 153 Å². The van der Waals surface area contributed by atoms with Crippen LogP contribution in [0.3, 0.4) is 0 Å². The van der Waals surface area contributed by atoms with E-state index in [4.69, 9.17) is 11.5 Å². The lowest BCUT2D eigenvalue weighted by molar-refractivity contribution is -0.125. The Bertz CT molecular complexity index is 3690. The van der Waals surface area contributed by atoms with E-state index < -0.39 is 0 Å². The molecule has 0 bridgehead atoms. The largest absolute Gasteiger partial charge is 0.382 e. The van der Waals surface area contributed by atoms with Crippen LogP contribution in [0.25, 0.3) is 33.7 Å². The van der Waals surface area contributed by atoms with E-state index in [1.165, 1.54) is 21.8 Å². The van der Waals surface area contributed by atoms with E-state index in [9.17, 15) is 28.8 Å². The van der Waals surface area contributed by atoms with Crippen LogP contribution in [0.5, 0.6) is 0 Å². The zero-order valence-corrected chi connectivity index (χ0v) is 39.9. The van der Waals surface area contributed by atoms with Crippen molar-refractivity contribution < 1.29 is 19.2 Å². The Hall–Kier alpha value is -9.82. The van der Waals surface area contributed by atoms with Crippen molar-refractivity contribution in [1.82, 2.24) is 48.0 Å². The van der Waals surface area contributed by atoms with Crippen molar-refractivity contribution in [2.75, 3.05) is 48.3 Å². The van der Waals surface area contributed by atoms with Crippen LogP contribution in [0.2, 0.25) is 0 Å². The van der Waals surface area contributed by atoms with E-state index in [0.29, 0.717) is 95.2 Å². The van der Waals surface area contributed by atoms with Gasteiger partial charge in [-0.1, -0.05) is 47.7 Å². The number of imidazole rings is 2. The molecule has 0 unspecified atom stereocenters. The Morgan fingerprint density at radius 1 is 0.562 bits per heavy atom. The lowest BCUT2D eigenvalue weighted by Crippen LogP contribution is -2.31. The van der Waals surface area contributed by atoms with Gasteiger partial charge in [0.1, 0.15) is 23.7 Å². The van der Waals surface area contributed by atoms with E-state index >= 15 is 0 Å². The number of likely N-dealkylation sites (tertiary alicyclic amines) is 2. The summed E-state index contributed by atoms with van der Waals surface area (Å²) < 4.78 is 6.05. The van der Waals surface area contributed by atoms with Gasteiger partial charge in [-0.15, -0.1) is 0 Å². The predicted octanol–water partition coefficient (Wildman–Crippen LogP) is 4.74. The molecule has 2 saturated heterocycles. The molecule has 4 aromatic carbocycles. The van der Waals surface area contributed by atoms with E-state index in [1.807, 2.05) is 37.3 Å². The maximum absolute atomic E-state index is 13.7. The van der Waals surface area contributed by atoms with Crippen LogP contribution in [0.4, 0.5) is 23.0 Å². The van der Waals surface area contributed by atoms with Gasteiger partial charge < -0.3 is 31.9 Å². The van der Waals surface area contributed by atoms with Gasteiger partial charge in [-0.25, -0.2) is 29.5 Å². The molecular weight excluding hydrogens is 929 g/mol. The lowest BCUT2D eigenvalue weighted by Gasteiger charge is -2.14. The van der Waals surface area contributed by atoms with Gasteiger partial charge in [0, 0.05) is 48.7 Å². The summed E-state index contributed by atoms with van der Waals surface area (Å²) in [6, 6.07) is 29.4. The van der Waals surface area contributed by atoms with Crippen molar-refractivity contribution >= 4 is 69.0 Å². The van der Waals surface area contributed by atoms with Crippen LogP contribution in [0.1, 0.15) is 65.1 Å². The van der Waals surface area contributed by atoms with E-state index in [1.54, 1.807) is 106 Å². The molecule has 10 rings (SSSR count). The standard InChI is InChI=1S/C27H25N7O3.C26H23N7O3/c1-3-4-22(35)32-14-13-21(15-32)34-25-23(24(28)29-16-30-25)33(27(34)37)20-11-9-19(10-12-20)31-26(36)18-7-5-17(2)6-8-18;1-2-6-21(34)31-14-13-20(15-31)33-24-22(23(27)28-16-29-24)32(26(33)36)19-11-9-17(10-12-19)25(35)30-18-7-4-3-5-8-18/h5-12,16,21H,13-15H2,1-2H3,(H,31,36)(H2,28,29,30);3-5,7-12,16,20H,13-15H2,1H3,(H,30,35)(H2,27,28,29)/t21-;20-/m11/s1. The number of aromatic nitrogens is 8. The minimum absolute atomic E-state index is 0.157. The zero-order chi connectivity index (χ0) is 51.3. The highest BCUT2D eigenvalue weighted by molar-refractivity contribution is 6.05. The topological polar surface area (TPSA) is 256 Å². The number of carbonyl (C=O) groups excluding carboxylic acids is 4. The van der Waals surface area contributed by atoms with Crippen molar-refractivity contribution in [2.45, 2.75) is 45.7 Å². The average Bonchev–Trinajstić information content (AvgIpc) is 4.20. The second-order valence-corrected chi connectivity index (χ2v) is 17.2. The van der Waals surface area contributed by atoms with Crippen LogP contribution in [0, 0.1) is 30.6 Å². The average molecular weight is 977 g/mol. The number of nitrogens with two attached hydrogens (primary N) is 2. The third kappa shape index (κ3) is 9.72. The molecule has 4 aromatic heterocycles. The normalized spacial score (nSPS) is 14.9. The fraction of sp³-hybridized carbons (Fsp3) is 0.208.